The van der Waals surface area contributed by atoms with Crippen molar-refractivity contribution in [2.24, 2.45) is 0 Å². The quantitative estimate of drug-likeness (QED) is 0.791. The van der Waals surface area contributed by atoms with Crippen molar-refractivity contribution in [1.82, 2.24) is 10.2 Å². The van der Waals surface area contributed by atoms with Gasteiger partial charge in [-0.1, -0.05) is 0 Å². The first-order chi connectivity index (χ1) is 8.02. The van der Waals surface area contributed by atoms with Crippen LogP contribution in [0.2, 0.25) is 0 Å². The van der Waals surface area contributed by atoms with E-state index < -0.39 is 28.9 Å². The molecule has 0 spiro atoms. The molecule has 0 saturated carbocycles. The Labute approximate surface area is 96.2 Å². The lowest BCUT2D eigenvalue weighted by atomic mass is 10.1. The second-order valence-electron chi connectivity index (χ2n) is 3.95. The average Bonchev–Trinajstić information content (AvgIpc) is 2.23. The minimum atomic E-state index is -1.61. The predicted molar refractivity (Wildman–Crippen MR) is 55.1 cm³/mol. The fourth-order valence-electron chi connectivity index (χ4n) is 1.59. The number of nitrogens with zero attached hydrogens (tertiary/aromatic N) is 1. The van der Waals surface area contributed by atoms with E-state index in [1.54, 1.807) is 0 Å². The molecule has 1 aliphatic rings. The van der Waals surface area contributed by atoms with Crippen LogP contribution in [0, 0.1) is 17.5 Å². The zero-order chi connectivity index (χ0) is 12.6. The van der Waals surface area contributed by atoms with Gasteiger partial charge >= 0.3 is 0 Å². The highest BCUT2D eigenvalue weighted by Gasteiger charge is 2.28. The second kappa shape index (κ2) is 4.37. The van der Waals surface area contributed by atoms with Crippen LogP contribution in [0.3, 0.4) is 0 Å². The summed E-state index contributed by atoms with van der Waals surface area (Å²) in [5.74, 6) is -5.00. The van der Waals surface area contributed by atoms with Crippen molar-refractivity contribution in [3.05, 3.63) is 35.1 Å². The van der Waals surface area contributed by atoms with Crippen LogP contribution in [-0.2, 0) is 0 Å². The summed E-state index contributed by atoms with van der Waals surface area (Å²) in [6.07, 6.45) is 0. The van der Waals surface area contributed by atoms with Crippen molar-refractivity contribution in [3.8, 4) is 0 Å². The Hall–Kier alpha value is -1.56. The first-order valence-electron chi connectivity index (χ1n) is 5.13. The van der Waals surface area contributed by atoms with E-state index in [2.05, 4.69) is 5.32 Å². The molecule has 0 bridgehead atoms. The molecular formula is C11H11F3N2O. The van der Waals surface area contributed by atoms with E-state index in [1.165, 1.54) is 11.9 Å². The van der Waals surface area contributed by atoms with Crippen LogP contribution in [0.25, 0.3) is 0 Å². The van der Waals surface area contributed by atoms with Crippen molar-refractivity contribution in [2.45, 2.75) is 6.04 Å². The van der Waals surface area contributed by atoms with Gasteiger partial charge in [-0.3, -0.25) is 4.79 Å². The molecule has 92 valence electrons. The van der Waals surface area contributed by atoms with E-state index in [-0.39, 0.29) is 6.04 Å². The number of halogens is 3. The molecule has 1 saturated heterocycles. The number of hydrogen-bond donors (Lipinski definition) is 1. The van der Waals surface area contributed by atoms with Crippen LogP contribution in [0.15, 0.2) is 12.1 Å². The average molecular weight is 244 g/mol. The molecule has 2 rings (SSSR count). The van der Waals surface area contributed by atoms with Crippen molar-refractivity contribution < 1.29 is 18.0 Å². The van der Waals surface area contributed by atoms with Crippen LogP contribution < -0.4 is 5.32 Å². The van der Waals surface area contributed by atoms with Crippen LogP contribution in [0.1, 0.15) is 10.4 Å². The maximum absolute atomic E-state index is 13.4. The van der Waals surface area contributed by atoms with Gasteiger partial charge in [-0.15, -0.1) is 0 Å². The van der Waals surface area contributed by atoms with E-state index in [9.17, 15) is 18.0 Å². The molecule has 1 aliphatic heterocycles. The highest BCUT2D eigenvalue weighted by atomic mass is 19.2. The third-order valence-corrected chi connectivity index (χ3v) is 2.89. The lowest BCUT2D eigenvalue weighted by Crippen LogP contribution is -2.57. The first kappa shape index (κ1) is 11.9. The van der Waals surface area contributed by atoms with Gasteiger partial charge in [0.15, 0.2) is 17.5 Å². The fraction of sp³-hybridized carbons (Fsp3) is 0.364. The van der Waals surface area contributed by atoms with Crippen molar-refractivity contribution in [1.29, 1.82) is 0 Å². The molecule has 0 aromatic heterocycles. The molecule has 1 N–H and O–H groups in total. The molecule has 0 atom stereocenters. The van der Waals surface area contributed by atoms with Gasteiger partial charge in [-0.2, -0.15) is 0 Å². The largest absolute Gasteiger partial charge is 0.336 e. The number of carbonyl (C=O) groups excluding carboxylic acids is 1. The molecule has 0 radical (unpaired) electrons. The SMILES string of the molecule is CN(C(=O)c1ccc(F)c(F)c1F)C1CNC1. The number of hydrogen-bond acceptors (Lipinski definition) is 2. The minimum Gasteiger partial charge on any atom is -0.336 e. The highest BCUT2D eigenvalue weighted by Crippen LogP contribution is 2.18. The molecule has 1 fully saturated rings. The Kier molecular flexibility index (Phi) is 3.06. The molecule has 1 aromatic carbocycles. The third kappa shape index (κ3) is 2.00. The van der Waals surface area contributed by atoms with Crippen LogP contribution in [0.4, 0.5) is 13.2 Å². The lowest BCUT2D eigenvalue weighted by Gasteiger charge is -2.35. The standard InChI is InChI=1S/C11H11F3N2O/c1-16(6-4-15-5-6)11(17)7-2-3-8(12)10(14)9(7)13/h2-3,6,15H,4-5H2,1H3. The molecule has 0 aliphatic carbocycles. The van der Waals surface area contributed by atoms with Crippen LogP contribution >= 0.6 is 0 Å². The number of nitrogens with one attached hydrogen (secondary N) is 1. The zero-order valence-electron chi connectivity index (χ0n) is 9.14. The maximum Gasteiger partial charge on any atom is 0.257 e. The third-order valence-electron chi connectivity index (χ3n) is 2.89. The molecule has 1 aromatic rings. The lowest BCUT2D eigenvalue weighted by molar-refractivity contribution is 0.0675. The van der Waals surface area contributed by atoms with Gasteiger partial charge in [0.05, 0.1) is 11.6 Å². The molecule has 0 unspecified atom stereocenters. The van der Waals surface area contributed by atoms with Gasteiger partial charge in [0.1, 0.15) is 0 Å². The monoisotopic (exact) mass is 244 g/mol. The van der Waals surface area contributed by atoms with Gasteiger partial charge in [-0.05, 0) is 12.1 Å². The van der Waals surface area contributed by atoms with Gasteiger partial charge in [0.25, 0.3) is 5.91 Å². The van der Waals surface area contributed by atoms with Crippen molar-refractivity contribution in [3.63, 3.8) is 0 Å². The van der Waals surface area contributed by atoms with E-state index in [0.717, 1.165) is 12.1 Å². The van der Waals surface area contributed by atoms with Crippen LogP contribution in [-0.4, -0.2) is 37.0 Å². The van der Waals surface area contributed by atoms with Gasteiger partial charge < -0.3 is 10.2 Å². The first-order valence-corrected chi connectivity index (χ1v) is 5.13. The Morgan fingerprint density at radius 3 is 2.47 bits per heavy atom. The summed E-state index contributed by atoms with van der Waals surface area (Å²) in [5, 5.41) is 2.96. The molecule has 6 heteroatoms. The summed E-state index contributed by atoms with van der Waals surface area (Å²) in [6, 6.07) is 1.67. The highest BCUT2D eigenvalue weighted by molar-refractivity contribution is 5.94. The molecule has 17 heavy (non-hydrogen) atoms. The number of carbonyl (C=O) groups is 1. The molecular weight excluding hydrogens is 233 g/mol. The smallest absolute Gasteiger partial charge is 0.257 e. The van der Waals surface area contributed by atoms with Crippen LogP contribution in [0.5, 0.6) is 0 Å². The number of likely N-dealkylation sites (N-methyl/N-ethyl adjacent to an activating group) is 1. The Morgan fingerprint density at radius 2 is 1.94 bits per heavy atom. The number of amides is 1. The summed E-state index contributed by atoms with van der Waals surface area (Å²) in [7, 11) is 1.51. The molecule has 1 amide bonds. The molecule has 1 heterocycles. The zero-order valence-corrected chi connectivity index (χ0v) is 9.14. The van der Waals surface area contributed by atoms with E-state index >= 15 is 0 Å². The number of benzene rings is 1. The Balaban J connectivity index is 2.27. The maximum atomic E-state index is 13.4. The van der Waals surface area contributed by atoms with E-state index in [1.807, 2.05) is 0 Å². The fourth-order valence-corrected chi connectivity index (χ4v) is 1.59. The van der Waals surface area contributed by atoms with Gasteiger partial charge in [-0.25, -0.2) is 13.2 Å². The summed E-state index contributed by atoms with van der Waals surface area (Å²) in [6.45, 7) is 1.24. The van der Waals surface area contributed by atoms with E-state index in [4.69, 9.17) is 0 Å². The second-order valence-corrected chi connectivity index (χ2v) is 3.95. The summed E-state index contributed by atoms with van der Waals surface area (Å²) in [5.41, 5.74) is -0.446. The topological polar surface area (TPSA) is 32.3 Å². The summed E-state index contributed by atoms with van der Waals surface area (Å²) >= 11 is 0. The normalized spacial score (nSPS) is 15.5. The van der Waals surface area contributed by atoms with Crippen molar-refractivity contribution >= 4 is 5.91 Å². The Morgan fingerprint density at radius 1 is 1.29 bits per heavy atom. The summed E-state index contributed by atoms with van der Waals surface area (Å²) in [4.78, 5) is 13.2. The van der Waals surface area contributed by atoms with Gasteiger partial charge in [0, 0.05) is 20.1 Å². The molecule has 3 nitrogen and oxygen atoms in total. The van der Waals surface area contributed by atoms with Gasteiger partial charge in [0.2, 0.25) is 0 Å². The number of rotatable bonds is 2. The predicted octanol–water partition coefficient (Wildman–Crippen LogP) is 1.15. The summed E-state index contributed by atoms with van der Waals surface area (Å²) < 4.78 is 39.1. The van der Waals surface area contributed by atoms with Crippen molar-refractivity contribution in [2.75, 3.05) is 20.1 Å². The Bertz CT molecular complexity index is 460. The minimum absolute atomic E-state index is 0.0324. The van der Waals surface area contributed by atoms with E-state index in [0.29, 0.717) is 13.1 Å².